The normalized spacial score (nSPS) is 12.2. The lowest BCUT2D eigenvalue weighted by atomic mass is 10.0. The quantitative estimate of drug-likeness (QED) is 0.303. The smallest absolute Gasteiger partial charge is 0.191 e. The molecule has 0 heterocycles. The molecule has 0 spiro atoms. The van der Waals surface area contributed by atoms with Gasteiger partial charge < -0.3 is 15.7 Å². The molecule has 0 aromatic heterocycles. The maximum Gasteiger partial charge on any atom is 0.191 e. The number of rotatable bonds is 8. The van der Waals surface area contributed by atoms with E-state index in [1.807, 2.05) is 37.3 Å². The molecule has 0 amide bonds. The number of nitrogens with one attached hydrogen (secondary N) is 2. The summed E-state index contributed by atoms with van der Waals surface area (Å²) in [4.78, 5) is 4.51. The summed E-state index contributed by atoms with van der Waals surface area (Å²) in [6.07, 6.45) is 0.473. The third kappa shape index (κ3) is 8.21. The predicted molar refractivity (Wildman–Crippen MR) is 116 cm³/mol. The van der Waals surface area contributed by atoms with Crippen LogP contribution in [-0.4, -0.2) is 37.3 Å². The first kappa shape index (κ1) is 23.3. The highest BCUT2D eigenvalue weighted by molar-refractivity contribution is 14.0. The molecule has 1 atom stereocenters. The molecule has 3 N–H and O–H groups in total. The number of aliphatic imine (C=N–C) groups is 1. The van der Waals surface area contributed by atoms with Crippen LogP contribution in [0.25, 0.3) is 0 Å². The van der Waals surface area contributed by atoms with Crippen LogP contribution >= 0.6 is 24.0 Å². The van der Waals surface area contributed by atoms with Gasteiger partial charge in [-0.05, 0) is 36.6 Å². The molecule has 2 aromatic rings. The van der Waals surface area contributed by atoms with E-state index in [1.165, 1.54) is 12.1 Å². The zero-order valence-corrected chi connectivity index (χ0v) is 17.6. The summed E-state index contributed by atoms with van der Waals surface area (Å²) in [6.45, 7) is 3.58. The maximum absolute atomic E-state index is 13.2. The van der Waals surface area contributed by atoms with Crippen LogP contribution < -0.4 is 10.6 Å². The number of nitrogens with zero attached hydrogens (tertiary/aromatic N) is 1. The Morgan fingerprint density at radius 2 is 1.74 bits per heavy atom. The first-order valence-corrected chi connectivity index (χ1v) is 8.75. The summed E-state index contributed by atoms with van der Waals surface area (Å²) in [5.41, 5.74) is 1.62. The van der Waals surface area contributed by atoms with Gasteiger partial charge in [0.05, 0.1) is 13.2 Å². The van der Waals surface area contributed by atoms with Crippen molar-refractivity contribution >= 4 is 29.9 Å². The number of halogens is 3. The Labute approximate surface area is 176 Å². The average molecular weight is 489 g/mol. The lowest BCUT2D eigenvalue weighted by Crippen LogP contribution is -2.38. The topological polar surface area (TPSA) is 56.7 Å². The first-order valence-electron chi connectivity index (χ1n) is 8.75. The van der Waals surface area contributed by atoms with E-state index in [9.17, 15) is 13.9 Å². The fourth-order valence-electron chi connectivity index (χ4n) is 2.62. The molecule has 0 fully saturated rings. The van der Waals surface area contributed by atoms with Crippen molar-refractivity contribution < 1.29 is 13.9 Å². The van der Waals surface area contributed by atoms with Gasteiger partial charge in [0.25, 0.3) is 0 Å². The van der Waals surface area contributed by atoms with Gasteiger partial charge in [0.15, 0.2) is 5.96 Å². The van der Waals surface area contributed by atoms with E-state index < -0.39 is 11.6 Å². The van der Waals surface area contributed by atoms with Crippen LogP contribution in [0.3, 0.4) is 0 Å². The van der Waals surface area contributed by atoms with Crippen molar-refractivity contribution in [3.05, 3.63) is 71.3 Å². The number of guanidine groups is 1. The van der Waals surface area contributed by atoms with E-state index in [0.717, 1.165) is 11.6 Å². The maximum atomic E-state index is 13.2. The lowest BCUT2D eigenvalue weighted by Gasteiger charge is -2.15. The van der Waals surface area contributed by atoms with Crippen LogP contribution in [0, 0.1) is 11.6 Å². The molecule has 0 aliphatic heterocycles. The predicted octanol–water partition coefficient (Wildman–Crippen LogP) is 3.46. The third-order valence-corrected chi connectivity index (χ3v) is 3.93. The molecule has 2 aromatic carbocycles. The highest BCUT2D eigenvalue weighted by Crippen LogP contribution is 2.15. The van der Waals surface area contributed by atoms with Gasteiger partial charge in [-0.2, -0.15) is 0 Å². The van der Waals surface area contributed by atoms with Gasteiger partial charge in [-0.3, -0.25) is 4.99 Å². The number of aliphatic hydroxyl groups excluding tert-OH is 1. The van der Waals surface area contributed by atoms with Crippen LogP contribution in [0.15, 0.2) is 53.5 Å². The number of hydrogen-bond acceptors (Lipinski definition) is 2. The first-order chi connectivity index (χ1) is 12.6. The molecule has 0 aliphatic carbocycles. The van der Waals surface area contributed by atoms with Crippen molar-refractivity contribution in [2.75, 3.05) is 26.2 Å². The largest absolute Gasteiger partial charge is 0.396 e. The van der Waals surface area contributed by atoms with Gasteiger partial charge in [0.2, 0.25) is 0 Å². The second-order valence-corrected chi connectivity index (χ2v) is 5.96. The van der Waals surface area contributed by atoms with E-state index in [2.05, 4.69) is 15.6 Å². The van der Waals surface area contributed by atoms with Crippen molar-refractivity contribution in [1.82, 2.24) is 10.6 Å². The standard InChI is InChI=1S/C20H25F2N3O.HI/c1-2-23-20(24-9-8-15-10-18(21)12-19(22)11-15)25-13-17(14-26)16-6-4-3-5-7-16;/h3-7,10-12,17,26H,2,8-9,13-14H2,1H3,(H2,23,24,25);1H. The van der Waals surface area contributed by atoms with E-state index >= 15 is 0 Å². The third-order valence-electron chi connectivity index (χ3n) is 3.93. The van der Waals surface area contributed by atoms with Crippen LogP contribution in [0.1, 0.15) is 24.0 Å². The Morgan fingerprint density at radius 3 is 2.33 bits per heavy atom. The second-order valence-electron chi connectivity index (χ2n) is 5.96. The fraction of sp³-hybridized carbons (Fsp3) is 0.350. The minimum atomic E-state index is -0.575. The monoisotopic (exact) mass is 489 g/mol. The van der Waals surface area contributed by atoms with E-state index in [-0.39, 0.29) is 36.5 Å². The molecule has 0 saturated carbocycles. The fourth-order valence-corrected chi connectivity index (χ4v) is 2.62. The van der Waals surface area contributed by atoms with Crippen molar-refractivity contribution in [2.24, 2.45) is 4.99 Å². The van der Waals surface area contributed by atoms with E-state index in [0.29, 0.717) is 37.6 Å². The molecule has 0 aliphatic rings. The lowest BCUT2D eigenvalue weighted by molar-refractivity contribution is 0.268. The van der Waals surface area contributed by atoms with Gasteiger partial charge in [0.1, 0.15) is 11.6 Å². The number of benzene rings is 2. The minimum Gasteiger partial charge on any atom is -0.396 e. The van der Waals surface area contributed by atoms with Crippen molar-refractivity contribution in [2.45, 2.75) is 19.3 Å². The molecular formula is C20H26F2IN3O. The highest BCUT2D eigenvalue weighted by atomic mass is 127. The Hall–Kier alpha value is -1.74. The molecule has 2 rings (SSSR count). The molecule has 1 unspecified atom stereocenters. The summed E-state index contributed by atoms with van der Waals surface area (Å²) in [5.74, 6) is -0.619. The van der Waals surface area contributed by atoms with Crippen molar-refractivity contribution in [3.8, 4) is 0 Å². The summed E-state index contributed by atoms with van der Waals surface area (Å²) >= 11 is 0. The van der Waals surface area contributed by atoms with E-state index in [1.54, 1.807) is 0 Å². The number of aliphatic hydroxyl groups is 1. The van der Waals surface area contributed by atoms with Gasteiger partial charge >= 0.3 is 0 Å². The molecule has 4 nitrogen and oxygen atoms in total. The minimum absolute atomic E-state index is 0. The van der Waals surface area contributed by atoms with Crippen LogP contribution in [0.2, 0.25) is 0 Å². The Balaban J connectivity index is 0.00000364. The number of hydrogen-bond donors (Lipinski definition) is 3. The van der Waals surface area contributed by atoms with Crippen molar-refractivity contribution in [1.29, 1.82) is 0 Å². The van der Waals surface area contributed by atoms with Crippen LogP contribution in [-0.2, 0) is 6.42 Å². The summed E-state index contributed by atoms with van der Waals surface area (Å²) < 4.78 is 26.4. The SMILES string of the molecule is CCNC(=NCC(CO)c1ccccc1)NCCc1cc(F)cc(F)c1.I. The van der Waals surface area contributed by atoms with Gasteiger partial charge in [-0.15, -0.1) is 24.0 Å². The molecular weight excluding hydrogens is 463 g/mol. The zero-order valence-electron chi connectivity index (χ0n) is 15.3. The average Bonchev–Trinajstić information content (AvgIpc) is 2.62. The highest BCUT2D eigenvalue weighted by Gasteiger charge is 2.10. The molecule has 0 radical (unpaired) electrons. The zero-order chi connectivity index (χ0) is 18.8. The summed E-state index contributed by atoms with van der Waals surface area (Å²) in [6, 6.07) is 13.2. The summed E-state index contributed by atoms with van der Waals surface area (Å²) in [5, 5.41) is 15.9. The Bertz CT molecular complexity index is 693. The molecule has 0 bridgehead atoms. The molecule has 0 saturated heterocycles. The van der Waals surface area contributed by atoms with Crippen LogP contribution in [0.5, 0.6) is 0 Å². The second kappa shape index (κ2) is 12.6. The van der Waals surface area contributed by atoms with Gasteiger partial charge in [-0.25, -0.2) is 8.78 Å². The Kier molecular flexibility index (Phi) is 10.9. The molecule has 148 valence electrons. The van der Waals surface area contributed by atoms with Crippen LogP contribution in [0.4, 0.5) is 8.78 Å². The van der Waals surface area contributed by atoms with Crippen molar-refractivity contribution in [3.63, 3.8) is 0 Å². The Morgan fingerprint density at radius 1 is 1.07 bits per heavy atom. The molecule has 27 heavy (non-hydrogen) atoms. The van der Waals surface area contributed by atoms with Gasteiger partial charge in [-0.1, -0.05) is 30.3 Å². The van der Waals surface area contributed by atoms with E-state index in [4.69, 9.17) is 0 Å². The van der Waals surface area contributed by atoms with Gasteiger partial charge in [0, 0.05) is 25.1 Å². The summed E-state index contributed by atoms with van der Waals surface area (Å²) in [7, 11) is 0. The molecule has 7 heteroatoms.